The van der Waals surface area contributed by atoms with Gasteiger partial charge in [-0.1, -0.05) is 12.1 Å². The molecule has 2 heterocycles. The molecule has 4 rings (SSSR count). The summed E-state index contributed by atoms with van der Waals surface area (Å²) in [5.74, 6) is 0.289. The molecule has 1 aromatic carbocycles. The Morgan fingerprint density at radius 1 is 1.05 bits per heavy atom. The molecule has 2 amide bonds. The van der Waals surface area contributed by atoms with Crippen molar-refractivity contribution < 1.29 is 9.59 Å². The van der Waals surface area contributed by atoms with Crippen LogP contribution in [-0.4, -0.2) is 26.5 Å². The van der Waals surface area contributed by atoms with Crippen LogP contribution in [0.3, 0.4) is 0 Å². The maximum atomic E-state index is 12.3. The monoisotopic (exact) mass is 281 g/mol. The van der Waals surface area contributed by atoms with Crippen molar-refractivity contribution in [1.82, 2.24) is 14.7 Å². The van der Waals surface area contributed by atoms with Gasteiger partial charge >= 0.3 is 0 Å². The van der Waals surface area contributed by atoms with Gasteiger partial charge in [0.25, 0.3) is 11.8 Å². The predicted molar refractivity (Wildman–Crippen MR) is 75.6 cm³/mol. The number of imide groups is 1. The van der Waals surface area contributed by atoms with Crippen LogP contribution in [0.2, 0.25) is 0 Å². The number of nitrogens with zero attached hydrogens (tertiary/aromatic N) is 3. The van der Waals surface area contributed by atoms with Crippen LogP contribution < -0.4 is 0 Å². The lowest BCUT2D eigenvalue weighted by Crippen LogP contribution is -2.29. The highest BCUT2D eigenvalue weighted by Gasteiger charge is 2.35. The first-order valence-corrected chi connectivity index (χ1v) is 7.20. The van der Waals surface area contributed by atoms with E-state index in [0.717, 1.165) is 18.2 Å². The van der Waals surface area contributed by atoms with Gasteiger partial charge in [0.1, 0.15) is 0 Å². The highest BCUT2D eigenvalue weighted by Crippen LogP contribution is 2.30. The molecule has 0 N–H and O–H groups in total. The Kier molecular flexibility index (Phi) is 2.67. The van der Waals surface area contributed by atoms with Crippen LogP contribution in [0, 0.1) is 5.92 Å². The summed E-state index contributed by atoms with van der Waals surface area (Å²) in [6.07, 6.45) is 4.47. The van der Waals surface area contributed by atoms with Gasteiger partial charge in [-0.15, -0.1) is 0 Å². The van der Waals surface area contributed by atoms with Crippen molar-refractivity contribution in [3.05, 3.63) is 53.3 Å². The number of hydrogen-bond donors (Lipinski definition) is 0. The molecule has 0 unspecified atom stereocenters. The molecule has 1 aliphatic heterocycles. The summed E-state index contributed by atoms with van der Waals surface area (Å²) in [6, 6.07) is 8.82. The molecule has 21 heavy (non-hydrogen) atoms. The minimum atomic E-state index is -0.229. The summed E-state index contributed by atoms with van der Waals surface area (Å²) in [5, 5.41) is 4.46. The van der Waals surface area contributed by atoms with E-state index in [1.54, 1.807) is 24.3 Å². The first-order valence-electron chi connectivity index (χ1n) is 7.20. The van der Waals surface area contributed by atoms with E-state index in [2.05, 4.69) is 5.10 Å². The van der Waals surface area contributed by atoms with Crippen LogP contribution in [0.1, 0.15) is 39.3 Å². The van der Waals surface area contributed by atoms with Gasteiger partial charge in [0.05, 0.1) is 23.4 Å². The summed E-state index contributed by atoms with van der Waals surface area (Å²) in [4.78, 5) is 25.8. The molecule has 2 aliphatic rings. The van der Waals surface area contributed by atoms with E-state index in [1.807, 2.05) is 16.9 Å². The van der Waals surface area contributed by atoms with Crippen molar-refractivity contribution >= 4 is 11.8 Å². The lowest BCUT2D eigenvalue weighted by atomic mass is 10.1. The first-order chi connectivity index (χ1) is 10.2. The van der Waals surface area contributed by atoms with Crippen molar-refractivity contribution in [3.63, 3.8) is 0 Å². The number of aromatic nitrogens is 2. The first kappa shape index (κ1) is 12.3. The number of rotatable bonds is 4. The van der Waals surface area contributed by atoms with E-state index in [-0.39, 0.29) is 18.4 Å². The summed E-state index contributed by atoms with van der Waals surface area (Å²) < 4.78 is 1.91. The Morgan fingerprint density at radius 3 is 2.33 bits per heavy atom. The Hall–Kier alpha value is -2.43. The fourth-order valence-electron chi connectivity index (χ4n) is 2.70. The van der Waals surface area contributed by atoms with Gasteiger partial charge in [-0.05, 0) is 37.0 Å². The Balaban J connectivity index is 1.53. The largest absolute Gasteiger partial charge is 0.272 e. The second kappa shape index (κ2) is 4.55. The molecule has 5 nitrogen and oxygen atoms in total. The fourth-order valence-corrected chi connectivity index (χ4v) is 2.70. The second-order valence-corrected chi connectivity index (χ2v) is 5.71. The van der Waals surface area contributed by atoms with Crippen molar-refractivity contribution in [2.75, 3.05) is 0 Å². The van der Waals surface area contributed by atoms with Gasteiger partial charge in [-0.2, -0.15) is 5.10 Å². The van der Waals surface area contributed by atoms with Crippen LogP contribution in [0.4, 0.5) is 0 Å². The number of carbonyl (C=O) groups is 2. The number of amides is 2. The maximum Gasteiger partial charge on any atom is 0.261 e. The summed E-state index contributed by atoms with van der Waals surface area (Å²) in [5.41, 5.74) is 1.73. The molecule has 0 bridgehead atoms. The molecule has 5 heteroatoms. The van der Waals surface area contributed by atoms with Gasteiger partial charge < -0.3 is 0 Å². The molecule has 0 radical (unpaired) electrons. The Morgan fingerprint density at radius 2 is 1.71 bits per heavy atom. The topological polar surface area (TPSA) is 55.2 Å². The van der Waals surface area contributed by atoms with Crippen molar-refractivity contribution in [1.29, 1.82) is 0 Å². The van der Waals surface area contributed by atoms with E-state index in [9.17, 15) is 9.59 Å². The minimum Gasteiger partial charge on any atom is -0.272 e. The number of fused-ring (bicyclic) bond motifs is 1. The van der Waals surface area contributed by atoms with E-state index in [0.29, 0.717) is 11.1 Å². The van der Waals surface area contributed by atoms with Gasteiger partial charge in [-0.3, -0.25) is 19.2 Å². The highest BCUT2D eigenvalue weighted by molar-refractivity contribution is 6.21. The molecule has 1 fully saturated rings. The molecular formula is C16H15N3O2. The molecule has 1 aromatic heterocycles. The summed E-state index contributed by atoms with van der Waals surface area (Å²) in [7, 11) is 0. The number of carbonyl (C=O) groups excluding carboxylic acids is 2. The molecule has 2 aromatic rings. The molecule has 0 saturated heterocycles. The third-order valence-electron chi connectivity index (χ3n) is 4.04. The lowest BCUT2D eigenvalue weighted by molar-refractivity contribution is 0.0640. The Labute approximate surface area is 122 Å². The normalized spacial score (nSPS) is 17.4. The van der Waals surface area contributed by atoms with Gasteiger partial charge in [0.15, 0.2) is 0 Å². The molecule has 0 spiro atoms. The number of hydrogen-bond acceptors (Lipinski definition) is 3. The fraction of sp³-hybridized carbons (Fsp3) is 0.312. The molecule has 1 aliphatic carbocycles. The van der Waals surface area contributed by atoms with E-state index < -0.39 is 0 Å². The van der Waals surface area contributed by atoms with E-state index in [4.69, 9.17) is 0 Å². The smallest absolute Gasteiger partial charge is 0.261 e. The Bertz CT molecular complexity index is 696. The number of benzene rings is 1. The quantitative estimate of drug-likeness (QED) is 0.806. The zero-order chi connectivity index (χ0) is 14.4. The molecular weight excluding hydrogens is 266 g/mol. The van der Waals surface area contributed by atoms with Crippen LogP contribution >= 0.6 is 0 Å². The van der Waals surface area contributed by atoms with Gasteiger partial charge in [-0.25, -0.2) is 0 Å². The summed E-state index contributed by atoms with van der Waals surface area (Å²) >= 11 is 0. The second-order valence-electron chi connectivity index (χ2n) is 5.71. The predicted octanol–water partition coefficient (Wildman–Crippen LogP) is 2.09. The van der Waals surface area contributed by atoms with Crippen LogP contribution in [-0.2, 0) is 13.1 Å². The van der Waals surface area contributed by atoms with Crippen LogP contribution in [0.25, 0.3) is 0 Å². The molecule has 0 atom stereocenters. The van der Waals surface area contributed by atoms with Crippen LogP contribution in [0.5, 0.6) is 0 Å². The SMILES string of the molecule is O=C1c2ccccc2C(=O)N1Cc1ccn(CC2CC2)n1. The third kappa shape index (κ3) is 2.14. The lowest BCUT2D eigenvalue weighted by Gasteiger charge is -2.11. The maximum absolute atomic E-state index is 12.3. The van der Waals surface area contributed by atoms with Crippen molar-refractivity contribution in [3.8, 4) is 0 Å². The average molecular weight is 281 g/mol. The molecule has 1 saturated carbocycles. The molecule has 106 valence electrons. The van der Waals surface area contributed by atoms with Crippen LogP contribution in [0.15, 0.2) is 36.5 Å². The standard InChI is InChI=1S/C16H15N3O2/c20-15-13-3-1-2-4-14(13)16(21)19(15)10-12-7-8-18(17-12)9-11-5-6-11/h1-4,7-8,11H,5-6,9-10H2. The van der Waals surface area contributed by atoms with Crippen molar-refractivity contribution in [2.45, 2.75) is 25.9 Å². The average Bonchev–Trinajstić information content (AvgIpc) is 3.15. The van der Waals surface area contributed by atoms with E-state index in [1.165, 1.54) is 17.7 Å². The zero-order valence-corrected chi connectivity index (χ0v) is 11.5. The van der Waals surface area contributed by atoms with Gasteiger partial charge in [0, 0.05) is 12.7 Å². The minimum absolute atomic E-state index is 0.229. The summed E-state index contributed by atoms with van der Waals surface area (Å²) in [6.45, 7) is 1.17. The van der Waals surface area contributed by atoms with Gasteiger partial charge in [0.2, 0.25) is 0 Å². The third-order valence-corrected chi connectivity index (χ3v) is 4.04. The highest BCUT2D eigenvalue weighted by atomic mass is 16.2. The van der Waals surface area contributed by atoms with E-state index >= 15 is 0 Å². The zero-order valence-electron chi connectivity index (χ0n) is 11.5. The van der Waals surface area contributed by atoms with Crippen molar-refractivity contribution in [2.24, 2.45) is 5.92 Å².